The van der Waals surface area contributed by atoms with Crippen LogP contribution in [0.25, 0.3) is 33.2 Å². The SMILES string of the molecule is Cc1cc(C)c2c(oc3cc(F)ccc32)c1-c1ccc(C(C)C)c[n+]1C. The van der Waals surface area contributed by atoms with Crippen LogP contribution >= 0.6 is 0 Å². The van der Waals surface area contributed by atoms with E-state index in [0.29, 0.717) is 11.5 Å². The Kier molecular flexibility index (Phi) is 3.83. The van der Waals surface area contributed by atoms with E-state index in [9.17, 15) is 4.39 Å². The number of benzene rings is 2. The molecule has 0 spiro atoms. The smallest absolute Gasteiger partial charge is 0.216 e. The first-order valence-corrected chi connectivity index (χ1v) is 8.98. The molecule has 0 N–H and O–H groups in total. The number of aromatic nitrogens is 1. The van der Waals surface area contributed by atoms with Gasteiger partial charge in [0, 0.05) is 28.5 Å². The maximum absolute atomic E-state index is 13.7. The zero-order valence-electron chi connectivity index (χ0n) is 15.9. The molecule has 0 aliphatic carbocycles. The maximum atomic E-state index is 13.7. The molecule has 0 atom stereocenters. The summed E-state index contributed by atoms with van der Waals surface area (Å²) < 4.78 is 22.0. The van der Waals surface area contributed by atoms with E-state index in [0.717, 1.165) is 38.7 Å². The lowest BCUT2D eigenvalue weighted by Gasteiger charge is -2.10. The predicted molar refractivity (Wildman–Crippen MR) is 104 cm³/mol. The third kappa shape index (κ3) is 2.50. The lowest BCUT2D eigenvalue weighted by Crippen LogP contribution is -2.31. The highest BCUT2D eigenvalue weighted by Crippen LogP contribution is 2.39. The van der Waals surface area contributed by atoms with Crippen molar-refractivity contribution in [1.82, 2.24) is 0 Å². The lowest BCUT2D eigenvalue weighted by molar-refractivity contribution is -0.660. The Hall–Kier alpha value is -2.68. The van der Waals surface area contributed by atoms with E-state index in [-0.39, 0.29) is 5.82 Å². The molecule has 4 rings (SSSR count). The summed E-state index contributed by atoms with van der Waals surface area (Å²) >= 11 is 0. The van der Waals surface area contributed by atoms with Crippen LogP contribution in [0.3, 0.4) is 0 Å². The molecule has 0 saturated carbocycles. The van der Waals surface area contributed by atoms with E-state index in [2.05, 4.69) is 63.7 Å². The number of nitrogens with zero attached hydrogens (tertiary/aromatic N) is 1. The van der Waals surface area contributed by atoms with Gasteiger partial charge in [-0.3, -0.25) is 0 Å². The average molecular weight is 348 g/mol. The molecule has 2 aromatic carbocycles. The number of furan rings is 1. The maximum Gasteiger partial charge on any atom is 0.216 e. The highest BCUT2D eigenvalue weighted by Gasteiger charge is 2.22. The van der Waals surface area contributed by atoms with Crippen molar-refractivity contribution in [1.29, 1.82) is 0 Å². The summed E-state index contributed by atoms with van der Waals surface area (Å²) in [6.45, 7) is 8.57. The summed E-state index contributed by atoms with van der Waals surface area (Å²) in [4.78, 5) is 0. The van der Waals surface area contributed by atoms with Crippen LogP contribution in [0.15, 0.2) is 47.0 Å². The number of hydrogen-bond acceptors (Lipinski definition) is 1. The standard InChI is InChI=1S/C23H23FNO/c1-13(2)16-6-9-19(25(5)12-16)22-15(4)10-14(3)21-18-8-7-17(24)11-20(18)26-23(21)22/h6-13H,1-5H3/q+1. The van der Waals surface area contributed by atoms with Gasteiger partial charge in [-0.15, -0.1) is 0 Å². The first kappa shape index (κ1) is 16.8. The summed E-state index contributed by atoms with van der Waals surface area (Å²) in [5, 5.41) is 2.02. The highest BCUT2D eigenvalue weighted by molar-refractivity contribution is 6.11. The third-order valence-corrected chi connectivity index (χ3v) is 5.18. The number of aryl methyl sites for hydroxylation is 3. The van der Waals surface area contributed by atoms with Crippen LogP contribution in [0.4, 0.5) is 4.39 Å². The molecule has 0 aliphatic heterocycles. The van der Waals surface area contributed by atoms with Gasteiger partial charge in [-0.1, -0.05) is 19.9 Å². The molecule has 0 radical (unpaired) electrons. The zero-order valence-corrected chi connectivity index (χ0v) is 15.9. The fourth-order valence-electron chi connectivity index (χ4n) is 3.83. The molecule has 4 aromatic rings. The summed E-state index contributed by atoms with van der Waals surface area (Å²) in [5.74, 6) is 0.197. The van der Waals surface area contributed by atoms with Crippen molar-refractivity contribution in [3.63, 3.8) is 0 Å². The van der Waals surface area contributed by atoms with Crippen molar-refractivity contribution >= 4 is 21.9 Å². The summed E-state index contributed by atoms with van der Waals surface area (Å²) in [6, 6.07) is 11.3. The van der Waals surface area contributed by atoms with Gasteiger partial charge >= 0.3 is 0 Å². The number of hydrogen-bond donors (Lipinski definition) is 0. The summed E-state index contributed by atoms with van der Waals surface area (Å²) in [5.41, 5.74) is 7.18. The minimum absolute atomic E-state index is 0.278. The predicted octanol–water partition coefficient (Wildman–Crippen LogP) is 5.96. The number of pyridine rings is 1. The van der Waals surface area contributed by atoms with Gasteiger partial charge in [0.2, 0.25) is 5.69 Å². The molecule has 2 heterocycles. The van der Waals surface area contributed by atoms with Gasteiger partial charge in [0.25, 0.3) is 0 Å². The Morgan fingerprint density at radius 3 is 2.46 bits per heavy atom. The highest BCUT2D eigenvalue weighted by atomic mass is 19.1. The molecule has 2 nitrogen and oxygen atoms in total. The van der Waals surface area contributed by atoms with Crippen LogP contribution in [0.1, 0.15) is 36.5 Å². The Morgan fingerprint density at radius 2 is 1.77 bits per heavy atom. The molecule has 2 aromatic heterocycles. The van der Waals surface area contributed by atoms with E-state index < -0.39 is 0 Å². The van der Waals surface area contributed by atoms with E-state index in [4.69, 9.17) is 4.42 Å². The molecule has 0 saturated heterocycles. The van der Waals surface area contributed by atoms with Crippen molar-refractivity contribution in [2.45, 2.75) is 33.6 Å². The van der Waals surface area contributed by atoms with Crippen LogP contribution in [0.2, 0.25) is 0 Å². The van der Waals surface area contributed by atoms with Gasteiger partial charge in [-0.2, -0.15) is 0 Å². The molecular weight excluding hydrogens is 325 g/mol. The van der Waals surface area contributed by atoms with Gasteiger partial charge in [0.15, 0.2) is 6.20 Å². The molecule has 0 unspecified atom stereocenters. The Bertz CT molecular complexity index is 1150. The Morgan fingerprint density at radius 1 is 1.00 bits per heavy atom. The van der Waals surface area contributed by atoms with Gasteiger partial charge in [-0.25, -0.2) is 8.96 Å². The summed E-state index contributed by atoms with van der Waals surface area (Å²) in [6.07, 6.45) is 2.17. The molecule has 3 heteroatoms. The fraction of sp³-hybridized carbons (Fsp3) is 0.261. The quantitative estimate of drug-likeness (QED) is 0.409. The number of rotatable bonds is 2. The van der Waals surface area contributed by atoms with E-state index in [1.807, 2.05) is 6.07 Å². The van der Waals surface area contributed by atoms with E-state index >= 15 is 0 Å². The van der Waals surface area contributed by atoms with Crippen LogP contribution in [-0.4, -0.2) is 0 Å². The number of fused-ring (bicyclic) bond motifs is 3. The lowest BCUT2D eigenvalue weighted by atomic mass is 9.96. The molecule has 0 amide bonds. The van der Waals surface area contributed by atoms with Crippen LogP contribution in [0.5, 0.6) is 0 Å². The van der Waals surface area contributed by atoms with Crippen molar-refractivity contribution in [3.05, 3.63) is 65.1 Å². The van der Waals surface area contributed by atoms with Gasteiger partial charge in [0.1, 0.15) is 24.0 Å². The van der Waals surface area contributed by atoms with Crippen LogP contribution in [0, 0.1) is 19.7 Å². The van der Waals surface area contributed by atoms with E-state index in [1.54, 1.807) is 0 Å². The first-order valence-electron chi connectivity index (χ1n) is 8.98. The second kappa shape index (κ2) is 5.94. The molecule has 26 heavy (non-hydrogen) atoms. The monoisotopic (exact) mass is 348 g/mol. The van der Waals surface area contributed by atoms with Crippen molar-refractivity contribution in [3.8, 4) is 11.3 Å². The molecule has 0 fully saturated rings. The fourth-order valence-corrected chi connectivity index (χ4v) is 3.83. The zero-order chi connectivity index (χ0) is 18.6. The average Bonchev–Trinajstić information content (AvgIpc) is 2.94. The largest absolute Gasteiger partial charge is 0.455 e. The molecule has 132 valence electrons. The van der Waals surface area contributed by atoms with Gasteiger partial charge < -0.3 is 4.42 Å². The van der Waals surface area contributed by atoms with E-state index in [1.165, 1.54) is 17.7 Å². The van der Waals surface area contributed by atoms with Crippen LogP contribution < -0.4 is 4.57 Å². The topological polar surface area (TPSA) is 17.0 Å². The minimum Gasteiger partial charge on any atom is -0.455 e. The normalized spacial score (nSPS) is 11.8. The first-order chi connectivity index (χ1) is 12.4. The minimum atomic E-state index is -0.278. The summed E-state index contributed by atoms with van der Waals surface area (Å²) in [7, 11) is 2.06. The van der Waals surface area contributed by atoms with Crippen LogP contribution in [-0.2, 0) is 7.05 Å². The second-order valence-electron chi connectivity index (χ2n) is 7.45. The molecule has 0 bridgehead atoms. The molecule has 0 aliphatic rings. The number of halogens is 1. The Balaban J connectivity index is 2.08. The van der Waals surface area contributed by atoms with Crippen molar-refractivity contribution < 1.29 is 13.4 Å². The van der Waals surface area contributed by atoms with Gasteiger partial charge in [0.05, 0.1) is 5.56 Å². The third-order valence-electron chi connectivity index (χ3n) is 5.18. The van der Waals surface area contributed by atoms with Crippen molar-refractivity contribution in [2.24, 2.45) is 7.05 Å². The van der Waals surface area contributed by atoms with Gasteiger partial charge in [-0.05, 0) is 49.1 Å². The Labute approximate surface area is 152 Å². The second-order valence-corrected chi connectivity index (χ2v) is 7.45. The van der Waals surface area contributed by atoms with Crippen molar-refractivity contribution in [2.75, 3.05) is 0 Å². The molecular formula is C23H23FNO+.